The Labute approximate surface area is 239 Å². The molecule has 3 fully saturated rings. The molecule has 0 unspecified atom stereocenters. The number of aromatic nitrogens is 4. The SMILES string of the molecule is Cc1ncsc1-c1ccc([C@H](C)NC(=O)[C@@H]2C[C@@H](O)CN2C(=O)[C@H](C2CCCCC2)n2cc(C3CC3)nn2)cc1. The average Bonchev–Trinajstić information content (AvgIpc) is 3.33. The second kappa shape index (κ2) is 11.4. The highest BCUT2D eigenvalue weighted by molar-refractivity contribution is 7.13. The van der Waals surface area contributed by atoms with Gasteiger partial charge in [0.15, 0.2) is 0 Å². The predicted molar refractivity (Wildman–Crippen MR) is 153 cm³/mol. The number of nitrogens with one attached hydrogen (secondary N) is 1. The summed E-state index contributed by atoms with van der Waals surface area (Å²) in [5.41, 5.74) is 5.88. The standard InChI is InChI=1S/C30H38N6O3S/c1-18(20-8-12-23(13-9-20)28-19(2)31-17-40-28)32-29(38)26-14-24(37)15-35(26)30(39)27(22-6-4-3-5-7-22)36-16-25(33-34-36)21-10-11-21/h8-9,12-13,16-18,21-22,24,26-27,37H,3-7,10-11,14-15H2,1-2H3,(H,32,38)/t18-,24+,26-,27-/m0/s1. The van der Waals surface area contributed by atoms with Crippen molar-refractivity contribution in [3.05, 3.63) is 52.9 Å². The Balaban J connectivity index is 1.18. The fourth-order valence-electron chi connectivity index (χ4n) is 6.34. The Morgan fingerprint density at radius 1 is 1.10 bits per heavy atom. The molecular formula is C30H38N6O3S. The van der Waals surface area contributed by atoms with Crippen molar-refractivity contribution in [3.63, 3.8) is 0 Å². The Morgan fingerprint density at radius 3 is 2.52 bits per heavy atom. The van der Waals surface area contributed by atoms with Crippen LogP contribution in [0.1, 0.15) is 93.2 Å². The Morgan fingerprint density at radius 2 is 1.85 bits per heavy atom. The van der Waals surface area contributed by atoms with Crippen LogP contribution in [-0.2, 0) is 9.59 Å². The maximum atomic E-state index is 14.2. The molecule has 6 rings (SSSR count). The minimum absolute atomic E-state index is 0.132. The monoisotopic (exact) mass is 562 g/mol. The van der Waals surface area contributed by atoms with Crippen LogP contribution in [0.5, 0.6) is 0 Å². The first-order chi connectivity index (χ1) is 19.4. The molecule has 2 amide bonds. The molecule has 2 saturated carbocycles. The highest BCUT2D eigenvalue weighted by atomic mass is 32.1. The molecule has 4 atom stereocenters. The van der Waals surface area contributed by atoms with Gasteiger partial charge in [0.1, 0.15) is 12.1 Å². The lowest BCUT2D eigenvalue weighted by molar-refractivity contribution is -0.143. The van der Waals surface area contributed by atoms with Gasteiger partial charge in [-0.05, 0) is 56.6 Å². The lowest BCUT2D eigenvalue weighted by atomic mass is 9.83. The van der Waals surface area contributed by atoms with Crippen molar-refractivity contribution in [2.24, 2.45) is 5.92 Å². The highest BCUT2D eigenvalue weighted by Crippen LogP contribution is 2.40. The summed E-state index contributed by atoms with van der Waals surface area (Å²) < 4.78 is 1.75. The smallest absolute Gasteiger partial charge is 0.248 e. The summed E-state index contributed by atoms with van der Waals surface area (Å²) in [5, 5.41) is 22.5. The Kier molecular flexibility index (Phi) is 7.72. The number of β-amino-alcohol motifs (C(OH)–C–C–N with tert-alkyl or cyclic N) is 1. The molecule has 0 spiro atoms. The lowest BCUT2D eigenvalue weighted by Gasteiger charge is -2.34. The number of hydrogen-bond donors (Lipinski definition) is 2. The van der Waals surface area contributed by atoms with Crippen LogP contribution in [0.25, 0.3) is 10.4 Å². The van der Waals surface area contributed by atoms with Crippen LogP contribution in [0.4, 0.5) is 0 Å². The van der Waals surface area contributed by atoms with Crippen LogP contribution in [-0.4, -0.2) is 60.5 Å². The first-order valence-electron chi connectivity index (χ1n) is 14.6. The highest BCUT2D eigenvalue weighted by Gasteiger charge is 2.44. The van der Waals surface area contributed by atoms with Crippen molar-refractivity contribution >= 4 is 23.2 Å². The number of carbonyl (C=O) groups excluding carboxylic acids is 2. The summed E-state index contributed by atoms with van der Waals surface area (Å²) in [6.45, 7) is 4.10. The number of likely N-dealkylation sites (tertiary alicyclic amines) is 1. The fourth-order valence-corrected chi connectivity index (χ4v) is 7.16. The van der Waals surface area contributed by atoms with Gasteiger partial charge in [-0.3, -0.25) is 9.59 Å². The van der Waals surface area contributed by atoms with Crippen LogP contribution in [0.2, 0.25) is 0 Å². The molecular weight excluding hydrogens is 524 g/mol. The van der Waals surface area contributed by atoms with E-state index < -0.39 is 18.2 Å². The minimum atomic E-state index is -0.735. The maximum Gasteiger partial charge on any atom is 0.248 e. The summed E-state index contributed by atoms with van der Waals surface area (Å²) >= 11 is 1.61. The molecule has 2 aliphatic carbocycles. The predicted octanol–water partition coefficient (Wildman–Crippen LogP) is 4.55. The largest absolute Gasteiger partial charge is 0.391 e. The third-order valence-electron chi connectivity index (χ3n) is 8.80. The molecule has 212 valence electrons. The number of aliphatic hydroxyl groups excluding tert-OH is 1. The van der Waals surface area contributed by atoms with E-state index in [0.717, 1.165) is 65.9 Å². The molecule has 10 heteroatoms. The van der Waals surface area contributed by atoms with Gasteiger partial charge in [0.2, 0.25) is 11.8 Å². The van der Waals surface area contributed by atoms with Gasteiger partial charge < -0.3 is 15.3 Å². The molecule has 2 N–H and O–H groups in total. The van der Waals surface area contributed by atoms with E-state index in [-0.39, 0.29) is 36.7 Å². The van der Waals surface area contributed by atoms with E-state index in [4.69, 9.17) is 0 Å². The normalized spacial score (nSPS) is 23.2. The van der Waals surface area contributed by atoms with Gasteiger partial charge in [-0.15, -0.1) is 16.4 Å². The molecule has 2 aromatic heterocycles. The summed E-state index contributed by atoms with van der Waals surface area (Å²) in [6, 6.07) is 6.68. The molecule has 0 bridgehead atoms. The van der Waals surface area contributed by atoms with Crippen molar-refractivity contribution in [2.75, 3.05) is 6.54 Å². The van der Waals surface area contributed by atoms with Gasteiger partial charge in [-0.2, -0.15) is 0 Å². The molecule has 1 saturated heterocycles. The topological polar surface area (TPSA) is 113 Å². The quantitative estimate of drug-likeness (QED) is 0.417. The maximum absolute atomic E-state index is 14.2. The van der Waals surface area contributed by atoms with E-state index in [1.165, 1.54) is 6.42 Å². The zero-order chi connectivity index (χ0) is 27.8. The van der Waals surface area contributed by atoms with E-state index in [0.29, 0.717) is 5.92 Å². The molecule has 3 aliphatic rings. The van der Waals surface area contributed by atoms with Gasteiger partial charge in [-0.1, -0.05) is 48.7 Å². The average molecular weight is 563 g/mol. The number of aliphatic hydroxyl groups is 1. The molecule has 3 aromatic rings. The molecule has 3 heterocycles. The van der Waals surface area contributed by atoms with Crippen LogP contribution in [0, 0.1) is 12.8 Å². The zero-order valence-corrected chi connectivity index (χ0v) is 24.0. The number of thiazole rings is 1. The van der Waals surface area contributed by atoms with Gasteiger partial charge >= 0.3 is 0 Å². The molecule has 0 radical (unpaired) electrons. The Hall–Kier alpha value is -3.11. The number of carbonyl (C=O) groups is 2. The second-order valence-electron chi connectivity index (χ2n) is 11.8. The minimum Gasteiger partial charge on any atom is -0.391 e. The van der Waals surface area contributed by atoms with Gasteiger partial charge in [0.25, 0.3) is 0 Å². The second-order valence-corrected chi connectivity index (χ2v) is 12.6. The zero-order valence-electron chi connectivity index (χ0n) is 23.2. The van der Waals surface area contributed by atoms with E-state index in [2.05, 4.69) is 32.7 Å². The molecule has 9 nitrogen and oxygen atoms in total. The third kappa shape index (κ3) is 5.56. The van der Waals surface area contributed by atoms with Crippen molar-refractivity contribution in [1.29, 1.82) is 0 Å². The number of rotatable bonds is 8. The summed E-state index contributed by atoms with van der Waals surface area (Å²) in [7, 11) is 0. The van der Waals surface area contributed by atoms with Gasteiger partial charge in [0.05, 0.1) is 33.9 Å². The van der Waals surface area contributed by atoms with Crippen LogP contribution in [0.15, 0.2) is 36.0 Å². The molecule has 1 aliphatic heterocycles. The molecule has 40 heavy (non-hydrogen) atoms. The Bertz CT molecular complexity index is 1340. The number of amides is 2. The number of hydrogen-bond acceptors (Lipinski definition) is 7. The number of benzene rings is 1. The van der Waals surface area contributed by atoms with Crippen molar-refractivity contribution in [1.82, 2.24) is 30.2 Å². The summed E-state index contributed by atoms with van der Waals surface area (Å²) in [4.78, 5) is 34.8. The third-order valence-corrected chi connectivity index (χ3v) is 9.78. The van der Waals surface area contributed by atoms with E-state index in [1.54, 1.807) is 20.9 Å². The summed E-state index contributed by atoms with van der Waals surface area (Å²) in [6.07, 6.45) is 8.94. The first-order valence-corrected chi connectivity index (χ1v) is 15.5. The van der Waals surface area contributed by atoms with Crippen molar-refractivity contribution in [2.45, 2.75) is 95.4 Å². The number of aryl methyl sites for hydroxylation is 1. The fraction of sp³-hybridized carbons (Fsp3) is 0.567. The van der Waals surface area contributed by atoms with Gasteiger partial charge in [0, 0.05) is 25.1 Å². The van der Waals surface area contributed by atoms with E-state index >= 15 is 0 Å². The number of nitrogens with zero attached hydrogens (tertiary/aromatic N) is 5. The van der Waals surface area contributed by atoms with Crippen LogP contribution in [0.3, 0.4) is 0 Å². The summed E-state index contributed by atoms with van der Waals surface area (Å²) in [5.74, 6) is 0.229. The van der Waals surface area contributed by atoms with Crippen molar-refractivity contribution < 1.29 is 14.7 Å². The van der Waals surface area contributed by atoms with Gasteiger partial charge in [-0.25, -0.2) is 9.67 Å². The first kappa shape index (κ1) is 27.1. The van der Waals surface area contributed by atoms with Crippen molar-refractivity contribution in [3.8, 4) is 10.4 Å². The van der Waals surface area contributed by atoms with Crippen LogP contribution < -0.4 is 5.32 Å². The van der Waals surface area contributed by atoms with Crippen LogP contribution >= 0.6 is 11.3 Å². The molecule has 1 aromatic carbocycles. The van der Waals surface area contributed by atoms with E-state index in [1.807, 2.05) is 37.7 Å². The lowest BCUT2D eigenvalue weighted by Crippen LogP contribution is -2.50. The van der Waals surface area contributed by atoms with E-state index in [9.17, 15) is 14.7 Å².